The average Bonchev–Trinajstić information content (AvgIpc) is 2.47. The summed E-state index contributed by atoms with van der Waals surface area (Å²) in [6, 6.07) is 0. The molecule has 1 heteroatoms. The molecule has 136 valence electrons. The molecule has 2 fully saturated rings. The van der Waals surface area contributed by atoms with Crippen molar-refractivity contribution >= 4 is 0 Å². The molecule has 1 nitrogen and oxygen atoms in total. The number of hydrogen-bond acceptors (Lipinski definition) is 1. The molecule has 0 bridgehead atoms. The molecule has 2 saturated carbocycles. The summed E-state index contributed by atoms with van der Waals surface area (Å²) in [6.45, 7) is 15.7. The number of nitrogens with two attached hydrogens (primary N) is 1. The predicted molar refractivity (Wildman–Crippen MR) is 102 cm³/mol. The van der Waals surface area contributed by atoms with E-state index >= 15 is 0 Å². The Balaban J connectivity index is 2.23. The lowest BCUT2D eigenvalue weighted by molar-refractivity contribution is 0.0104. The van der Waals surface area contributed by atoms with Crippen LogP contribution in [-0.4, -0.2) is 6.54 Å². The third-order valence-electron chi connectivity index (χ3n) is 7.52. The van der Waals surface area contributed by atoms with Gasteiger partial charge in [0, 0.05) is 0 Å². The molecule has 0 heterocycles. The van der Waals surface area contributed by atoms with E-state index in [4.69, 9.17) is 5.73 Å². The fourth-order valence-corrected chi connectivity index (χ4v) is 6.20. The van der Waals surface area contributed by atoms with Crippen molar-refractivity contribution in [2.24, 2.45) is 59.0 Å². The van der Waals surface area contributed by atoms with Crippen LogP contribution in [0.3, 0.4) is 0 Å². The average molecular weight is 322 g/mol. The van der Waals surface area contributed by atoms with E-state index < -0.39 is 0 Å². The Labute approximate surface area is 146 Å². The molecule has 0 saturated heterocycles. The first-order valence-electron chi connectivity index (χ1n) is 10.5. The molecule has 0 aliphatic heterocycles. The summed E-state index contributed by atoms with van der Waals surface area (Å²) in [7, 11) is 0. The highest BCUT2D eigenvalue weighted by Gasteiger charge is 2.43. The van der Waals surface area contributed by atoms with Crippen molar-refractivity contribution in [3.05, 3.63) is 0 Å². The largest absolute Gasteiger partial charge is 0.330 e. The maximum Gasteiger partial charge on any atom is -0.00434 e. The molecule has 0 aromatic rings. The van der Waals surface area contributed by atoms with Gasteiger partial charge in [0.2, 0.25) is 0 Å². The topological polar surface area (TPSA) is 26.0 Å². The van der Waals surface area contributed by atoms with E-state index in [0.717, 1.165) is 59.8 Å². The Bertz CT molecular complexity index is 316. The Morgan fingerprint density at radius 2 is 1.09 bits per heavy atom. The Hall–Kier alpha value is -0.0400. The van der Waals surface area contributed by atoms with Gasteiger partial charge in [-0.15, -0.1) is 0 Å². The molecule has 2 N–H and O–H groups in total. The molecule has 0 aromatic heterocycles. The highest BCUT2D eigenvalue weighted by molar-refractivity contribution is 4.93. The molecule has 2 aliphatic carbocycles. The van der Waals surface area contributed by atoms with Gasteiger partial charge in [-0.3, -0.25) is 0 Å². The molecule has 0 radical (unpaired) electrons. The van der Waals surface area contributed by atoms with Crippen LogP contribution >= 0.6 is 0 Å². The van der Waals surface area contributed by atoms with Crippen molar-refractivity contribution in [2.45, 2.75) is 80.1 Å². The van der Waals surface area contributed by atoms with Crippen molar-refractivity contribution in [1.82, 2.24) is 0 Å². The fourth-order valence-electron chi connectivity index (χ4n) is 6.20. The van der Waals surface area contributed by atoms with Gasteiger partial charge in [0.15, 0.2) is 0 Å². The standard InChI is InChI=1S/C22H43N/c1-14(2)18-9-7-16(5)11-20(18)22(13-23)21-12-17(6)8-10-19(21)15(3)4/h14-22H,7-13,23H2,1-6H3. The molecule has 23 heavy (non-hydrogen) atoms. The molecule has 0 amide bonds. The fraction of sp³-hybridized carbons (Fsp3) is 1.00. The second kappa shape index (κ2) is 8.37. The maximum atomic E-state index is 6.45. The van der Waals surface area contributed by atoms with Crippen LogP contribution in [0.5, 0.6) is 0 Å². The minimum absolute atomic E-state index is 0.764. The Morgan fingerprint density at radius 3 is 1.39 bits per heavy atom. The smallest absolute Gasteiger partial charge is 0.00434 e. The normalized spacial score (nSPS) is 40.6. The number of hydrogen-bond donors (Lipinski definition) is 1. The van der Waals surface area contributed by atoms with E-state index in [1.165, 1.54) is 38.5 Å². The first kappa shape index (κ1) is 19.3. The van der Waals surface area contributed by atoms with E-state index in [1.807, 2.05) is 0 Å². The lowest BCUT2D eigenvalue weighted by Gasteiger charge is -2.49. The molecule has 2 aliphatic rings. The SMILES string of the molecule is CC1CCC(C(C)C)C(C(CN)C2CC(C)CCC2C(C)C)C1. The van der Waals surface area contributed by atoms with Crippen LogP contribution in [0.15, 0.2) is 0 Å². The summed E-state index contributed by atoms with van der Waals surface area (Å²) in [5.74, 6) is 7.78. The van der Waals surface area contributed by atoms with E-state index in [9.17, 15) is 0 Å². The monoisotopic (exact) mass is 321 g/mol. The predicted octanol–water partition coefficient (Wildman–Crippen LogP) is 5.98. The van der Waals surface area contributed by atoms with Gasteiger partial charge in [-0.25, -0.2) is 0 Å². The Morgan fingerprint density at radius 1 is 0.696 bits per heavy atom. The van der Waals surface area contributed by atoms with E-state index in [0.29, 0.717) is 0 Å². The summed E-state index contributed by atoms with van der Waals surface area (Å²) in [5.41, 5.74) is 6.45. The van der Waals surface area contributed by atoms with Crippen molar-refractivity contribution < 1.29 is 0 Å². The Kier molecular flexibility index (Phi) is 7.01. The summed E-state index contributed by atoms with van der Waals surface area (Å²) in [6.07, 6.45) is 8.61. The van der Waals surface area contributed by atoms with Gasteiger partial charge in [-0.2, -0.15) is 0 Å². The summed E-state index contributed by atoms with van der Waals surface area (Å²) < 4.78 is 0. The summed E-state index contributed by atoms with van der Waals surface area (Å²) in [5, 5.41) is 0. The first-order valence-corrected chi connectivity index (χ1v) is 10.5. The van der Waals surface area contributed by atoms with Crippen molar-refractivity contribution in [1.29, 1.82) is 0 Å². The maximum absolute atomic E-state index is 6.45. The van der Waals surface area contributed by atoms with E-state index in [2.05, 4.69) is 41.5 Å². The minimum Gasteiger partial charge on any atom is -0.330 e. The first-order chi connectivity index (χ1) is 10.8. The van der Waals surface area contributed by atoms with Crippen molar-refractivity contribution in [3.8, 4) is 0 Å². The van der Waals surface area contributed by atoms with Gasteiger partial charge >= 0.3 is 0 Å². The van der Waals surface area contributed by atoms with Crippen LogP contribution in [0, 0.1) is 53.3 Å². The van der Waals surface area contributed by atoms with E-state index in [1.54, 1.807) is 0 Å². The zero-order valence-electron chi connectivity index (χ0n) is 16.7. The molecule has 2 rings (SSSR count). The van der Waals surface area contributed by atoms with Gasteiger partial charge in [-0.1, -0.05) is 54.4 Å². The highest BCUT2D eigenvalue weighted by atomic mass is 14.6. The van der Waals surface area contributed by atoms with Crippen LogP contribution < -0.4 is 5.73 Å². The second-order valence-corrected chi connectivity index (χ2v) is 9.88. The molecule has 6 unspecified atom stereocenters. The quantitative estimate of drug-likeness (QED) is 0.662. The van der Waals surface area contributed by atoms with Gasteiger partial charge in [0.25, 0.3) is 0 Å². The minimum atomic E-state index is 0.764. The molecule has 0 spiro atoms. The lowest BCUT2D eigenvalue weighted by atomic mass is 9.57. The zero-order chi connectivity index (χ0) is 17.1. The summed E-state index contributed by atoms with van der Waals surface area (Å²) >= 11 is 0. The highest BCUT2D eigenvalue weighted by Crippen LogP contribution is 2.49. The molecule has 0 aromatic carbocycles. The van der Waals surface area contributed by atoms with Gasteiger partial charge in [0.05, 0.1) is 0 Å². The third kappa shape index (κ3) is 4.53. The third-order valence-corrected chi connectivity index (χ3v) is 7.52. The van der Waals surface area contributed by atoms with Crippen molar-refractivity contribution in [2.75, 3.05) is 6.54 Å². The molecule has 6 atom stereocenters. The van der Waals surface area contributed by atoms with Crippen molar-refractivity contribution in [3.63, 3.8) is 0 Å². The lowest BCUT2D eigenvalue weighted by Crippen LogP contribution is -2.44. The van der Waals surface area contributed by atoms with Gasteiger partial charge in [-0.05, 0) is 85.5 Å². The van der Waals surface area contributed by atoms with Gasteiger partial charge in [0.1, 0.15) is 0 Å². The van der Waals surface area contributed by atoms with Crippen LogP contribution in [-0.2, 0) is 0 Å². The molecular weight excluding hydrogens is 278 g/mol. The molecular formula is C22H43N. The van der Waals surface area contributed by atoms with Gasteiger partial charge < -0.3 is 5.73 Å². The summed E-state index contributed by atoms with van der Waals surface area (Å²) in [4.78, 5) is 0. The van der Waals surface area contributed by atoms with E-state index in [-0.39, 0.29) is 0 Å². The van der Waals surface area contributed by atoms with Crippen LogP contribution in [0.25, 0.3) is 0 Å². The van der Waals surface area contributed by atoms with Crippen LogP contribution in [0.1, 0.15) is 80.1 Å². The second-order valence-electron chi connectivity index (χ2n) is 9.88. The zero-order valence-corrected chi connectivity index (χ0v) is 16.7. The number of rotatable bonds is 5. The van der Waals surface area contributed by atoms with Crippen LogP contribution in [0.2, 0.25) is 0 Å². The van der Waals surface area contributed by atoms with Crippen LogP contribution in [0.4, 0.5) is 0 Å².